The summed E-state index contributed by atoms with van der Waals surface area (Å²) in [5, 5.41) is 0.984. The van der Waals surface area contributed by atoms with Gasteiger partial charge in [0.1, 0.15) is 16.2 Å². The Bertz CT molecular complexity index is 1160. The summed E-state index contributed by atoms with van der Waals surface area (Å²) >= 11 is 12.5. The van der Waals surface area contributed by atoms with E-state index in [0.717, 1.165) is 18.4 Å². The van der Waals surface area contributed by atoms with Crippen LogP contribution in [0.4, 0.5) is 0 Å². The van der Waals surface area contributed by atoms with Gasteiger partial charge in [0.15, 0.2) is 5.75 Å². The number of pyridine rings is 1. The SMILES string of the molecule is CCCCOc1ccc(S(=O)(=O)Oc2c(Cl)cc(Cl)c3cccnc23)cc1C(C)C. The average molecular weight is 468 g/mol. The maximum absolute atomic E-state index is 13.0. The second-order valence-corrected chi connectivity index (χ2v) is 9.52. The van der Waals surface area contributed by atoms with Crippen LogP contribution >= 0.6 is 23.2 Å². The molecule has 1 aromatic heterocycles. The first-order valence-corrected chi connectivity index (χ1v) is 11.8. The third kappa shape index (κ3) is 4.82. The molecule has 1 heterocycles. The zero-order valence-corrected chi connectivity index (χ0v) is 19.3. The zero-order chi connectivity index (χ0) is 21.9. The minimum atomic E-state index is -4.16. The fourth-order valence-corrected chi connectivity index (χ4v) is 4.57. The fourth-order valence-electron chi connectivity index (χ4n) is 2.97. The third-order valence-electron chi connectivity index (χ3n) is 4.59. The van der Waals surface area contributed by atoms with Crippen LogP contribution in [0, 0.1) is 0 Å². The first kappa shape index (κ1) is 22.7. The van der Waals surface area contributed by atoms with Gasteiger partial charge in [-0.1, -0.05) is 50.4 Å². The highest BCUT2D eigenvalue weighted by Gasteiger charge is 2.24. The normalized spacial score (nSPS) is 11.8. The highest BCUT2D eigenvalue weighted by molar-refractivity contribution is 7.87. The van der Waals surface area contributed by atoms with Crippen molar-refractivity contribution in [3.63, 3.8) is 0 Å². The summed E-state index contributed by atoms with van der Waals surface area (Å²) in [5.41, 5.74) is 1.07. The number of hydrogen-bond donors (Lipinski definition) is 0. The number of unbranched alkanes of at least 4 members (excludes halogenated alkanes) is 1. The van der Waals surface area contributed by atoms with Crippen LogP contribution in [-0.4, -0.2) is 20.0 Å². The molecule has 5 nitrogen and oxygen atoms in total. The van der Waals surface area contributed by atoms with E-state index in [-0.39, 0.29) is 27.1 Å². The van der Waals surface area contributed by atoms with Crippen LogP contribution in [0.1, 0.15) is 45.1 Å². The summed E-state index contributed by atoms with van der Waals surface area (Å²) in [6.07, 6.45) is 3.46. The molecule has 30 heavy (non-hydrogen) atoms. The molecule has 0 saturated carbocycles. The molecule has 0 N–H and O–H groups in total. The van der Waals surface area contributed by atoms with Gasteiger partial charge in [-0.15, -0.1) is 0 Å². The molecule has 0 aliphatic carbocycles. The van der Waals surface area contributed by atoms with Gasteiger partial charge in [0.05, 0.1) is 16.7 Å². The van der Waals surface area contributed by atoms with E-state index in [1.807, 2.05) is 13.8 Å². The molecule has 0 amide bonds. The lowest BCUT2D eigenvalue weighted by molar-refractivity contribution is 0.305. The topological polar surface area (TPSA) is 65.5 Å². The number of aromatic nitrogens is 1. The second kappa shape index (κ2) is 9.41. The Kier molecular flexibility index (Phi) is 7.11. The van der Waals surface area contributed by atoms with Crippen molar-refractivity contribution in [3.05, 3.63) is 58.2 Å². The van der Waals surface area contributed by atoms with E-state index in [0.29, 0.717) is 22.8 Å². The van der Waals surface area contributed by atoms with Crippen LogP contribution in [-0.2, 0) is 10.1 Å². The standard InChI is InChI=1S/C22H23Cl2NO4S/c1-4-5-11-28-20-9-8-15(12-17(20)14(2)3)30(26,27)29-22-19(24)13-18(23)16-7-6-10-25-21(16)22/h6-10,12-14H,4-5,11H2,1-3H3. The fraction of sp³-hybridized carbons (Fsp3) is 0.318. The van der Waals surface area contributed by atoms with Crippen LogP contribution in [0.5, 0.6) is 11.5 Å². The lowest BCUT2D eigenvalue weighted by atomic mass is 10.0. The summed E-state index contributed by atoms with van der Waals surface area (Å²) in [6.45, 7) is 6.62. The van der Waals surface area contributed by atoms with E-state index in [2.05, 4.69) is 11.9 Å². The molecule has 0 radical (unpaired) electrons. The van der Waals surface area contributed by atoms with Crippen LogP contribution in [0.25, 0.3) is 10.9 Å². The van der Waals surface area contributed by atoms with Gasteiger partial charge in [-0.05, 0) is 54.3 Å². The Balaban J connectivity index is 2.01. The molecule has 160 valence electrons. The van der Waals surface area contributed by atoms with E-state index >= 15 is 0 Å². The molecule has 3 rings (SSSR count). The maximum Gasteiger partial charge on any atom is 0.339 e. The van der Waals surface area contributed by atoms with Gasteiger partial charge in [-0.25, -0.2) is 0 Å². The summed E-state index contributed by atoms with van der Waals surface area (Å²) in [6, 6.07) is 9.60. The number of rotatable bonds is 8. The van der Waals surface area contributed by atoms with Crippen molar-refractivity contribution in [1.29, 1.82) is 0 Å². The monoisotopic (exact) mass is 467 g/mol. The highest BCUT2D eigenvalue weighted by atomic mass is 35.5. The number of fused-ring (bicyclic) bond motifs is 1. The molecule has 0 aliphatic heterocycles. The number of benzene rings is 2. The summed E-state index contributed by atoms with van der Waals surface area (Å²) in [4.78, 5) is 4.22. The van der Waals surface area contributed by atoms with Crippen molar-refractivity contribution in [2.45, 2.75) is 44.4 Å². The first-order chi connectivity index (χ1) is 14.2. The van der Waals surface area contributed by atoms with Gasteiger partial charge in [0.2, 0.25) is 0 Å². The summed E-state index contributed by atoms with van der Waals surface area (Å²) in [5.74, 6) is 0.693. The van der Waals surface area contributed by atoms with E-state index in [4.69, 9.17) is 32.1 Å². The second-order valence-electron chi connectivity index (χ2n) is 7.16. The van der Waals surface area contributed by atoms with Crippen molar-refractivity contribution in [3.8, 4) is 11.5 Å². The van der Waals surface area contributed by atoms with Gasteiger partial charge < -0.3 is 8.92 Å². The molecule has 0 fully saturated rings. The Morgan fingerprint density at radius 2 is 1.87 bits per heavy atom. The van der Waals surface area contributed by atoms with Crippen molar-refractivity contribution in [2.24, 2.45) is 0 Å². The van der Waals surface area contributed by atoms with Crippen LogP contribution in [0.15, 0.2) is 47.5 Å². The molecule has 3 aromatic rings. The summed E-state index contributed by atoms with van der Waals surface area (Å²) < 4.78 is 37.4. The Hall–Kier alpha value is -2.02. The van der Waals surface area contributed by atoms with E-state index in [1.54, 1.807) is 24.3 Å². The molecule has 8 heteroatoms. The molecule has 2 aromatic carbocycles. The lowest BCUT2D eigenvalue weighted by Crippen LogP contribution is -2.12. The minimum Gasteiger partial charge on any atom is -0.493 e. The molecular formula is C22H23Cl2NO4S. The quantitative estimate of drug-likeness (QED) is 0.275. The minimum absolute atomic E-state index is 0.0177. The molecule has 0 bridgehead atoms. The van der Waals surface area contributed by atoms with Crippen molar-refractivity contribution >= 4 is 44.2 Å². The highest BCUT2D eigenvalue weighted by Crippen LogP contribution is 2.39. The summed E-state index contributed by atoms with van der Waals surface area (Å²) in [7, 11) is -4.16. The average Bonchev–Trinajstić information content (AvgIpc) is 2.71. The largest absolute Gasteiger partial charge is 0.493 e. The van der Waals surface area contributed by atoms with Crippen molar-refractivity contribution < 1.29 is 17.3 Å². The first-order valence-electron chi connectivity index (χ1n) is 9.68. The Morgan fingerprint density at radius 3 is 2.57 bits per heavy atom. The van der Waals surface area contributed by atoms with Gasteiger partial charge in [0, 0.05) is 11.6 Å². The smallest absolute Gasteiger partial charge is 0.339 e. The predicted molar refractivity (Wildman–Crippen MR) is 121 cm³/mol. The molecule has 0 aliphatic rings. The van der Waals surface area contributed by atoms with E-state index in [1.165, 1.54) is 18.3 Å². The molecular weight excluding hydrogens is 445 g/mol. The van der Waals surface area contributed by atoms with E-state index in [9.17, 15) is 8.42 Å². The lowest BCUT2D eigenvalue weighted by Gasteiger charge is -2.16. The molecule has 0 unspecified atom stereocenters. The predicted octanol–water partition coefficient (Wildman–Crippen LogP) is 6.61. The Morgan fingerprint density at radius 1 is 1.10 bits per heavy atom. The van der Waals surface area contributed by atoms with Gasteiger partial charge in [-0.3, -0.25) is 4.98 Å². The molecule has 0 spiro atoms. The Labute approximate surface area is 187 Å². The van der Waals surface area contributed by atoms with E-state index < -0.39 is 10.1 Å². The number of hydrogen-bond acceptors (Lipinski definition) is 5. The zero-order valence-electron chi connectivity index (χ0n) is 17.0. The van der Waals surface area contributed by atoms with Gasteiger partial charge in [0.25, 0.3) is 0 Å². The maximum atomic E-state index is 13.0. The van der Waals surface area contributed by atoms with Gasteiger partial charge in [-0.2, -0.15) is 8.42 Å². The molecule has 0 atom stereocenters. The van der Waals surface area contributed by atoms with Crippen LogP contribution < -0.4 is 8.92 Å². The number of halogens is 2. The molecule has 0 saturated heterocycles. The number of ether oxygens (including phenoxy) is 1. The van der Waals surface area contributed by atoms with Crippen LogP contribution in [0.2, 0.25) is 10.0 Å². The van der Waals surface area contributed by atoms with Crippen molar-refractivity contribution in [1.82, 2.24) is 4.98 Å². The number of nitrogens with zero attached hydrogens (tertiary/aromatic N) is 1. The van der Waals surface area contributed by atoms with Crippen LogP contribution in [0.3, 0.4) is 0 Å². The van der Waals surface area contributed by atoms with Gasteiger partial charge >= 0.3 is 10.1 Å². The van der Waals surface area contributed by atoms with Crippen molar-refractivity contribution in [2.75, 3.05) is 6.61 Å². The third-order valence-corrected chi connectivity index (χ3v) is 6.40.